The highest BCUT2D eigenvalue weighted by Gasteiger charge is 2.26. The summed E-state index contributed by atoms with van der Waals surface area (Å²) in [5.41, 5.74) is 0.674. The average molecular weight is 401 g/mol. The second kappa shape index (κ2) is 7.95. The van der Waals surface area contributed by atoms with Crippen molar-refractivity contribution in [3.8, 4) is 5.75 Å². The first-order valence-corrected chi connectivity index (χ1v) is 10.1. The molecule has 0 aliphatic heterocycles. The number of aryl methyl sites for hydroxylation is 1. The van der Waals surface area contributed by atoms with Gasteiger partial charge < -0.3 is 9.15 Å². The van der Waals surface area contributed by atoms with Crippen LogP contribution in [0.25, 0.3) is 11.0 Å². The lowest BCUT2D eigenvalue weighted by molar-refractivity contribution is -0.136. The van der Waals surface area contributed by atoms with Gasteiger partial charge in [-0.3, -0.25) is 0 Å². The fraction of sp³-hybridized carbons (Fsp3) is 0.200. The smallest absolute Gasteiger partial charge is 0.336 e. The van der Waals surface area contributed by atoms with Gasteiger partial charge in [-0.05, 0) is 43.7 Å². The van der Waals surface area contributed by atoms with Crippen LogP contribution in [0, 0.1) is 6.92 Å². The van der Waals surface area contributed by atoms with Crippen LogP contribution in [0.1, 0.15) is 18.9 Å². The van der Waals surface area contributed by atoms with Crippen LogP contribution in [0.3, 0.4) is 0 Å². The van der Waals surface area contributed by atoms with E-state index >= 15 is 0 Å². The maximum Gasteiger partial charge on any atom is 0.336 e. The number of nitrogens with one attached hydrogen (secondary N) is 1. The zero-order valence-corrected chi connectivity index (χ0v) is 16.2. The van der Waals surface area contributed by atoms with E-state index in [1.807, 2.05) is 6.92 Å². The topological polar surface area (TPSA) is 103 Å². The van der Waals surface area contributed by atoms with Gasteiger partial charge in [0.2, 0.25) is 10.0 Å². The molecular weight excluding hydrogens is 382 g/mol. The monoisotopic (exact) mass is 401 g/mol. The van der Waals surface area contributed by atoms with E-state index in [9.17, 15) is 18.0 Å². The Hall–Kier alpha value is -2.97. The predicted octanol–water partition coefficient (Wildman–Crippen LogP) is 2.76. The van der Waals surface area contributed by atoms with Crippen LogP contribution in [0.5, 0.6) is 5.75 Å². The summed E-state index contributed by atoms with van der Waals surface area (Å²) in [5.74, 6) is -0.601. The highest BCUT2D eigenvalue weighted by molar-refractivity contribution is 7.89. The van der Waals surface area contributed by atoms with Crippen LogP contribution >= 0.6 is 0 Å². The van der Waals surface area contributed by atoms with Crippen LogP contribution < -0.4 is 15.1 Å². The molecule has 0 amide bonds. The zero-order valence-electron chi connectivity index (χ0n) is 15.3. The fourth-order valence-corrected chi connectivity index (χ4v) is 3.83. The molecule has 1 N–H and O–H groups in total. The number of hydrogen-bond donors (Lipinski definition) is 1. The first kappa shape index (κ1) is 19.8. The second-order valence-electron chi connectivity index (χ2n) is 6.27. The third kappa shape index (κ3) is 4.47. The Kier molecular flexibility index (Phi) is 5.62. The van der Waals surface area contributed by atoms with Gasteiger partial charge >= 0.3 is 11.6 Å². The molecule has 0 unspecified atom stereocenters. The van der Waals surface area contributed by atoms with Crippen molar-refractivity contribution in [2.75, 3.05) is 0 Å². The number of esters is 1. The molecule has 0 radical (unpaired) electrons. The van der Waals surface area contributed by atoms with Crippen LogP contribution in [0.15, 0.2) is 68.7 Å². The molecule has 0 saturated heterocycles. The summed E-state index contributed by atoms with van der Waals surface area (Å²) in [6.45, 7) is 3.52. The van der Waals surface area contributed by atoms with Crippen molar-refractivity contribution in [1.29, 1.82) is 0 Å². The summed E-state index contributed by atoms with van der Waals surface area (Å²) in [7, 11) is -3.88. The summed E-state index contributed by atoms with van der Waals surface area (Å²) in [4.78, 5) is 23.9. The Labute approximate surface area is 162 Å². The van der Waals surface area contributed by atoms with Crippen molar-refractivity contribution in [1.82, 2.24) is 4.72 Å². The standard InChI is InChI=1S/C20H19NO6S/c1-3-17(21-28(24,25)16-9-4-13(2)5-10-16)20(23)26-15-8-6-14-7-11-19(22)27-18(14)12-15/h4-12,17,21H,3H2,1-2H3/t17-/m0/s1. The number of sulfonamides is 1. The van der Waals surface area contributed by atoms with Gasteiger partial charge in [-0.2, -0.15) is 4.72 Å². The minimum absolute atomic E-state index is 0.0665. The first-order chi connectivity index (χ1) is 13.3. The van der Waals surface area contributed by atoms with Gasteiger partial charge in [-0.1, -0.05) is 24.6 Å². The molecule has 0 saturated carbocycles. The summed E-state index contributed by atoms with van der Waals surface area (Å²) < 4.78 is 37.7. The molecule has 28 heavy (non-hydrogen) atoms. The number of carbonyl (C=O) groups is 1. The Morgan fingerprint density at radius 2 is 1.79 bits per heavy atom. The number of ether oxygens (including phenoxy) is 1. The molecule has 0 fully saturated rings. The Morgan fingerprint density at radius 3 is 2.46 bits per heavy atom. The lowest BCUT2D eigenvalue weighted by atomic mass is 10.2. The van der Waals surface area contributed by atoms with Gasteiger partial charge in [-0.25, -0.2) is 18.0 Å². The van der Waals surface area contributed by atoms with E-state index < -0.39 is 27.7 Å². The molecule has 8 heteroatoms. The Morgan fingerprint density at radius 1 is 1.11 bits per heavy atom. The molecule has 2 aromatic carbocycles. The molecule has 0 aliphatic rings. The predicted molar refractivity (Wildman–Crippen MR) is 104 cm³/mol. The highest BCUT2D eigenvalue weighted by Crippen LogP contribution is 2.20. The number of carbonyl (C=O) groups excluding carboxylic acids is 1. The van der Waals surface area contributed by atoms with Crippen molar-refractivity contribution in [3.63, 3.8) is 0 Å². The fourth-order valence-electron chi connectivity index (χ4n) is 2.56. The van der Waals surface area contributed by atoms with Crippen molar-refractivity contribution in [2.45, 2.75) is 31.2 Å². The average Bonchev–Trinajstić information content (AvgIpc) is 2.66. The Bertz CT molecular complexity index is 1170. The van der Waals surface area contributed by atoms with E-state index in [4.69, 9.17) is 9.15 Å². The van der Waals surface area contributed by atoms with E-state index in [-0.39, 0.29) is 22.6 Å². The van der Waals surface area contributed by atoms with Gasteiger partial charge in [0.05, 0.1) is 4.90 Å². The number of benzene rings is 2. The van der Waals surface area contributed by atoms with E-state index in [1.54, 1.807) is 37.3 Å². The molecule has 0 spiro atoms. The zero-order chi connectivity index (χ0) is 20.3. The van der Waals surface area contributed by atoms with Crippen molar-refractivity contribution in [3.05, 3.63) is 70.6 Å². The number of rotatable bonds is 6. The van der Waals surface area contributed by atoms with Crippen LogP contribution in [-0.2, 0) is 14.8 Å². The first-order valence-electron chi connectivity index (χ1n) is 8.63. The third-order valence-corrected chi connectivity index (χ3v) is 5.62. The Balaban J connectivity index is 1.78. The highest BCUT2D eigenvalue weighted by atomic mass is 32.2. The number of fused-ring (bicyclic) bond motifs is 1. The van der Waals surface area contributed by atoms with Crippen LogP contribution in [-0.4, -0.2) is 20.4 Å². The van der Waals surface area contributed by atoms with Crippen molar-refractivity contribution >= 4 is 27.0 Å². The van der Waals surface area contributed by atoms with Crippen molar-refractivity contribution < 1.29 is 22.4 Å². The van der Waals surface area contributed by atoms with Gasteiger partial charge in [-0.15, -0.1) is 0 Å². The largest absolute Gasteiger partial charge is 0.425 e. The summed E-state index contributed by atoms with van der Waals surface area (Å²) >= 11 is 0. The quantitative estimate of drug-likeness (QED) is 0.387. The molecule has 1 heterocycles. The maximum atomic E-state index is 12.5. The number of hydrogen-bond acceptors (Lipinski definition) is 6. The van der Waals surface area contributed by atoms with Gasteiger partial charge in [0, 0.05) is 17.5 Å². The molecule has 7 nitrogen and oxygen atoms in total. The molecule has 3 aromatic rings. The van der Waals surface area contributed by atoms with E-state index in [0.717, 1.165) is 5.56 Å². The molecular formula is C20H19NO6S. The normalized spacial score (nSPS) is 12.6. The lowest BCUT2D eigenvalue weighted by Gasteiger charge is -2.16. The maximum absolute atomic E-state index is 12.5. The summed E-state index contributed by atoms with van der Waals surface area (Å²) in [6.07, 6.45) is 0.201. The molecule has 1 aromatic heterocycles. The summed E-state index contributed by atoms with van der Waals surface area (Å²) in [6, 6.07) is 12.7. The lowest BCUT2D eigenvalue weighted by Crippen LogP contribution is -2.42. The van der Waals surface area contributed by atoms with Gasteiger partial charge in [0.1, 0.15) is 17.4 Å². The molecule has 3 rings (SSSR count). The summed E-state index contributed by atoms with van der Waals surface area (Å²) in [5, 5.41) is 0.673. The molecule has 0 aliphatic carbocycles. The van der Waals surface area contributed by atoms with E-state index in [1.165, 1.54) is 24.3 Å². The SMILES string of the molecule is CC[C@H](NS(=O)(=O)c1ccc(C)cc1)C(=O)Oc1ccc2ccc(=O)oc2c1. The van der Waals surface area contributed by atoms with Crippen molar-refractivity contribution in [2.24, 2.45) is 0 Å². The second-order valence-corrected chi connectivity index (χ2v) is 7.98. The molecule has 1 atom stereocenters. The van der Waals surface area contributed by atoms with Crippen LogP contribution in [0.2, 0.25) is 0 Å². The minimum Gasteiger partial charge on any atom is -0.425 e. The van der Waals surface area contributed by atoms with E-state index in [0.29, 0.717) is 5.39 Å². The molecule has 146 valence electrons. The van der Waals surface area contributed by atoms with Gasteiger partial charge in [0.15, 0.2) is 0 Å². The van der Waals surface area contributed by atoms with Crippen LogP contribution in [0.4, 0.5) is 0 Å². The third-order valence-electron chi connectivity index (χ3n) is 4.13. The molecule has 0 bridgehead atoms. The van der Waals surface area contributed by atoms with Gasteiger partial charge in [0.25, 0.3) is 0 Å². The van der Waals surface area contributed by atoms with E-state index in [2.05, 4.69) is 4.72 Å². The minimum atomic E-state index is -3.88.